The van der Waals surface area contributed by atoms with E-state index in [2.05, 4.69) is 69.0 Å². The summed E-state index contributed by atoms with van der Waals surface area (Å²) >= 11 is 7.04. The number of amides is 5. The first-order chi connectivity index (χ1) is 53.9. The molecule has 5 aromatic heterocycles. The van der Waals surface area contributed by atoms with Crippen molar-refractivity contribution in [2.75, 3.05) is 82.9 Å². The summed E-state index contributed by atoms with van der Waals surface area (Å²) in [6.07, 6.45) is 11.9. The highest BCUT2D eigenvalue weighted by Crippen LogP contribution is 2.45. The number of ether oxygens (including phenoxy) is 8. The zero-order valence-corrected chi connectivity index (χ0v) is 67.6. The number of benzene rings is 6. The van der Waals surface area contributed by atoms with Gasteiger partial charge in [0.25, 0.3) is 29.5 Å². The lowest BCUT2D eigenvalue weighted by molar-refractivity contribution is -0.120. The molecule has 584 valence electrons. The molecule has 5 aliphatic heterocycles. The average molecular weight is 1610 g/mol. The van der Waals surface area contributed by atoms with Crippen LogP contribution in [0.2, 0.25) is 0 Å². The molecule has 112 heavy (non-hydrogen) atoms. The highest BCUT2D eigenvalue weighted by atomic mass is 32.1. The molecule has 0 spiro atoms. The fraction of sp³-hybridized carbons (Fsp3) is 0.317. The first-order valence-corrected chi connectivity index (χ1v) is 40.7. The largest absolute Gasteiger partial charge is 0.483 e. The minimum absolute atomic E-state index is 0.0162. The summed E-state index contributed by atoms with van der Waals surface area (Å²) in [6.45, 7) is 19.6. The number of anilines is 8. The normalized spacial score (nSPS) is 14.2. The molecule has 0 saturated heterocycles. The zero-order chi connectivity index (χ0) is 78.8. The van der Waals surface area contributed by atoms with Gasteiger partial charge in [-0.1, -0.05) is 78.9 Å². The van der Waals surface area contributed by atoms with Crippen molar-refractivity contribution >= 4 is 129 Å². The lowest BCUT2D eigenvalue weighted by Crippen LogP contribution is -2.31. The van der Waals surface area contributed by atoms with Gasteiger partial charge in [-0.25, -0.2) is 24.9 Å². The lowest BCUT2D eigenvalue weighted by atomic mass is 10.0. The van der Waals surface area contributed by atoms with Gasteiger partial charge in [0.1, 0.15) is 28.3 Å². The van der Waals surface area contributed by atoms with Crippen molar-refractivity contribution in [2.24, 2.45) is 0 Å². The van der Waals surface area contributed by atoms with Crippen LogP contribution in [0.25, 0.3) is 0 Å². The number of aryl methyl sites for hydroxylation is 5. The summed E-state index contributed by atoms with van der Waals surface area (Å²) < 4.78 is 46.2. The molecule has 25 nitrogen and oxygen atoms in total. The van der Waals surface area contributed by atoms with Crippen molar-refractivity contribution < 1.29 is 61.9 Å². The first-order valence-electron chi connectivity index (χ1n) is 36.4. The maximum absolute atomic E-state index is 13.1. The van der Waals surface area contributed by atoms with Crippen molar-refractivity contribution in [2.45, 2.75) is 124 Å². The second-order valence-corrected chi connectivity index (χ2v) is 32.9. The van der Waals surface area contributed by atoms with E-state index in [1.807, 2.05) is 188 Å². The number of hydrogen-bond donors (Lipinski definition) is 6. The van der Waals surface area contributed by atoms with Gasteiger partial charge in [0.15, 0.2) is 93.2 Å². The van der Waals surface area contributed by atoms with Crippen LogP contribution in [0.4, 0.5) is 42.7 Å². The Morgan fingerprint density at radius 2 is 0.848 bits per heavy atom. The summed E-state index contributed by atoms with van der Waals surface area (Å²) in [7, 11) is 0. The van der Waals surface area contributed by atoms with Crippen molar-refractivity contribution in [1.82, 2.24) is 24.9 Å². The van der Waals surface area contributed by atoms with Crippen LogP contribution in [-0.2, 0) is 56.1 Å². The van der Waals surface area contributed by atoms with Crippen molar-refractivity contribution in [1.29, 1.82) is 0 Å². The summed E-state index contributed by atoms with van der Waals surface area (Å²) in [5, 5.41) is 27.9. The molecule has 16 rings (SSSR count). The van der Waals surface area contributed by atoms with E-state index in [4.69, 9.17) is 37.9 Å². The van der Waals surface area contributed by atoms with Crippen LogP contribution in [-0.4, -0.2) is 117 Å². The summed E-state index contributed by atoms with van der Waals surface area (Å²) in [5.41, 5.74) is 9.66. The van der Waals surface area contributed by atoms with E-state index >= 15 is 0 Å². The Balaban J connectivity index is 0.000000131. The summed E-state index contributed by atoms with van der Waals surface area (Å²) in [5.74, 6) is 4.44. The van der Waals surface area contributed by atoms with Crippen LogP contribution in [0, 0.1) is 20.8 Å². The number of thiazole rings is 5. The lowest BCUT2D eigenvalue weighted by Gasteiger charge is -2.21. The molecule has 5 aliphatic rings. The Kier molecular flexibility index (Phi) is 26.7. The number of aromatic nitrogens is 5. The standard InChI is InChI=1S/C22H22N2O3S.C16H18N2O3S.C15H17N3O2S.C15H16N2O3S.C14H15N3O2S/c1-15-14-28-21(23-15)24(17-9-5-4-6-10-17)19(25)13-26-18-11-7-8-16-12-22(2,3)27-20(16)18;1-10-8-17-15(22-10)18-13(19)9-20-12-6-4-5-11-7-16(2,3)21-14(11)12;1-10-9-21-15(17-10)18-13(19)8-20-12-6-2-4-11-5-3-7-16-14(11)12;1-15(2)8-10-4-3-5-11(13(10)20-15)19-9-12(18)17-14-16-6-7-21-14;18-12(17-14-16-7-8-20-14)9-19-11-5-1-3-10-4-2-6-15-13(10)11/h4-11,14H,12-13H2,1-3H3;4-6,8H,7,9H2,1-3H3,(H,17,18,19);2,4,6,9,16H,3,5,7-8H2,1H3,(H,17,18,19);3-7H,8-9H2,1-2H3,(H,16,17,18);1,3,5,7-8,15H,2,4,6,9H2,(H,16,17,18). The second-order valence-electron chi connectivity index (χ2n) is 28.2. The number of fused-ring (bicyclic) bond motifs is 5. The third-order valence-corrected chi connectivity index (χ3v) is 21.2. The zero-order valence-electron chi connectivity index (χ0n) is 63.5. The van der Waals surface area contributed by atoms with Crippen LogP contribution in [0.15, 0.2) is 161 Å². The molecule has 0 fully saturated rings. The molecule has 11 aromatic rings. The SMILES string of the molecule is CC1(C)Cc2cccc(OCC(=O)Nc3nccs3)c2O1.Cc1cnc(NC(=O)COc2cccc3c2OC(C)(C)C3)s1.Cc1csc(N(C(=O)COc2cccc3c2OC(C)(C)C3)c2ccccc2)n1.Cc1csc(NC(=O)COc2cccc3c2NCCC3)n1.O=C(COc1cccc2c1NCCC2)Nc1nccs1. The van der Waals surface area contributed by atoms with Crippen molar-refractivity contribution in [3.8, 4) is 46.0 Å². The molecule has 30 heteroatoms. The van der Waals surface area contributed by atoms with Gasteiger partial charge in [-0.15, -0.1) is 56.7 Å². The Morgan fingerprint density at radius 3 is 1.25 bits per heavy atom. The summed E-state index contributed by atoms with van der Waals surface area (Å²) in [4.78, 5) is 83.8. The molecule has 0 atom stereocenters. The quantitative estimate of drug-likeness (QED) is 0.0389. The van der Waals surface area contributed by atoms with E-state index in [0.29, 0.717) is 42.9 Å². The van der Waals surface area contributed by atoms with Gasteiger partial charge in [0, 0.05) is 94.0 Å². The van der Waals surface area contributed by atoms with E-state index in [0.717, 1.165) is 137 Å². The van der Waals surface area contributed by atoms with Gasteiger partial charge < -0.3 is 48.5 Å². The van der Waals surface area contributed by atoms with Gasteiger partial charge in [-0.2, -0.15) is 0 Å². The molecule has 10 heterocycles. The molecule has 0 saturated carbocycles. The monoisotopic (exact) mass is 1610 g/mol. The predicted molar refractivity (Wildman–Crippen MR) is 441 cm³/mol. The fourth-order valence-electron chi connectivity index (χ4n) is 12.5. The van der Waals surface area contributed by atoms with E-state index in [1.54, 1.807) is 28.9 Å². The predicted octanol–water partition coefficient (Wildman–Crippen LogP) is 16.3. The molecular formula is C82H88N12O13S5. The number of hydrogen-bond acceptors (Lipinski definition) is 25. The fourth-order valence-corrected chi connectivity index (χ4v) is 15.8. The van der Waals surface area contributed by atoms with Gasteiger partial charge in [0.05, 0.1) is 28.5 Å². The van der Waals surface area contributed by atoms with E-state index in [9.17, 15) is 24.0 Å². The molecule has 0 bridgehead atoms. The van der Waals surface area contributed by atoms with Crippen LogP contribution in [0.5, 0.6) is 46.0 Å². The van der Waals surface area contributed by atoms with Gasteiger partial charge in [-0.05, 0) is 142 Å². The number of carbonyl (C=O) groups is 5. The number of nitrogens with zero attached hydrogens (tertiary/aromatic N) is 6. The van der Waals surface area contributed by atoms with Crippen LogP contribution in [0.1, 0.15) is 98.5 Å². The molecule has 0 aliphatic carbocycles. The third kappa shape index (κ3) is 22.5. The number of nitrogens with one attached hydrogen (secondary N) is 6. The second kappa shape index (κ2) is 37.2. The van der Waals surface area contributed by atoms with E-state index < -0.39 is 0 Å². The van der Waals surface area contributed by atoms with Crippen LogP contribution < -0.4 is 74.7 Å². The average Bonchev–Trinajstić information content (AvgIpc) is 1.64. The van der Waals surface area contributed by atoms with Crippen molar-refractivity contribution in [3.63, 3.8) is 0 Å². The van der Waals surface area contributed by atoms with Crippen LogP contribution in [0.3, 0.4) is 0 Å². The van der Waals surface area contributed by atoms with Gasteiger partial charge in [-0.3, -0.25) is 50.1 Å². The number of rotatable bonds is 21. The molecule has 6 N–H and O–H groups in total. The molecular weight excluding hydrogens is 1520 g/mol. The Bertz CT molecular complexity index is 5050. The van der Waals surface area contributed by atoms with E-state index in [-0.39, 0.29) is 79.4 Å². The Morgan fingerprint density at radius 1 is 0.446 bits per heavy atom. The maximum atomic E-state index is 13.1. The molecule has 6 aromatic carbocycles. The van der Waals surface area contributed by atoms with Crippen LogP contribution >= 0.6 is 56.7 Å². The molecule has 0 unspecified atom stereocenters. The minimum Gasteiger partial charge on any atom is -0.483 e. The topological polar surface area (TPSA) is 299 Å². The Hall–Kier alpha value is -11.2. The smallest absolute Gasteiger partial charge is 0.271 e. The highest BCUT2D eigenvalue weighted by molar-refractivity contribution is 7.16. The molecule has 5 amide bonds. The Labute approximate surface area is 669 Å². The summed E-state index contributed by atoms with van der Waals surface area (Å²) in [6, 6.07) is 38.7. The van der Waals surface area contributed by atoms with E-state index in [1.165, 1.54) is 67.8 Å². The highest BCUT2D eigenvalue weighted by Gasteiger charge is 2.36. The first kappa shape index (κ1) is 80.3. The van der Waals surface area contributed by atoms with Gasteiger partial charge >= 0.3 is 0 Å². The van der Waals surface area contributed by atoms with Gasteiger partial charge in [0.2, 0.25) is 0 Å². The van der Waals surface area contributed by atoms with Crippen molar-refractivity contribution in [3.05, 3.63) is 206 Å². The third-order valence-electron chi connectivity index (χ3n) is 17.2. The maximum Gasteiger partial charge on any atom is 0.271 e. The minimum atomic E-state index is -0.264. The number of carbonyl (C=O) groups excluding carboxylic acids is 5. The number of para-hydroxylation sites is 6. The molecule has 0 radical (unpaired) electrons.